The summed E-state index contributed by atoms with van der Waals surface area (Å²) in [5, 5.41) is 67.3. The van der Waals surface area contributed by atoms with Crippen molar-refractivity contribution in [3.05, 3.63) is 118 Å². The quantitative estimate of drug-likeness (QED) is 0.0113. The van der Waals surface area contributed by atoms with Crippen LogP contribution >= 0.6 is 21.6 Å². The summed E-state index contributed by atoms with van der Waals surface area (Å²) >= 11 is 0. The predicted octanol–water partition coefficient (Wildman–Crippen LogP) is 2.59. The molecule has 15 N–H and O–H groups in total. The van der Waals surface area contributed by atoms with E-state index in [0.717, 1.165) is 34.7 Å². The highest BCUT2D eigenvalue weighted by atomic mass is 33.1. The van der Waals surface area contributed by atoms with Gasteiger partial charge in [-0.2, -0.15) is 0 Å². The molecule has 0 unspecified atom stereocenters. The Labute approximate surface area is 667 Å². The Balaban J connectivity index is 0.861. The normalized spacial score (nSPS) is 14.1. The first-order chi connectivity index (χ1) is 55.1. The number of carbonyl (C=O) groups excluding carboxylic acids is 9. The number of carbonyl (C=O) groups is 14. The van der Waals surface area contributed by atoms with Gasteiger partial charge in [0.1, 0.15) is 48.9 Å². The third-order valence-electron chi connectivity index (χ3n) is 18.4. The van der Waals surface area contributed by atoms with Crippen molar-refractivity contribution in [2.24, 2.45) is 5.73 Å². The summed E-state index contributed by atoms with van der Waals surface area (Å²) in [6.45, 7) is 2.87. The number of carboxylic acid groups (broad SMARTS) is 5. The summed E-state index contributed by atoms with van der Waals surface area (Å²) in [7, 11) is 6.15. The van der Waals surface area contributed by atoms with E-state index in [1.165, 1.54) is 39.5 Å². The summed E-state index contributed by atoms with van der Waals surface area (Å²) in [5.74, 6) is -12.6. The number of nitrogens with two attached hydrogens (primary N) is 1. The molecule has 37 nitrogen and oxygen atoms in total. The van der Waals surface area contributed by atoms with Gasteiger partial charge in [-0.05, 0) is 67.5 Å². The number of carboxylic acids is 5. The third kappa shape index (κ3) is 28.2. The van der Waals surface area contributed by atoms with Gasteiger partial charge in [-0.1, -0.05) is 102 Å². The molecule has 39 heteroatoms. The van der Waals surface area contributed by atoms with Crippen LogP contribution in [0.5, 0.6) is 23.0 Å². The van der Waals surface area contributed by atoms with Crippen LogP contribution in [0, 0.1) is 0 Å². The smallest absolute Gasteiger partial charge is 0.493 e. The first kappa shape index (κ1) is 90.6. The van der Waals surface area contributed by atoms with Crippen LogP contribution in [0.15, 0.2) is 89.7 Å². The van der Waals surface area contributed by atoms with E-state index in [1.807, 2.05) is 5.32 Å². The van der Waals surface area contributed by atoms with Gasteiger partial charge in [-0.3, -0.25) is 52.8 Å². The SMILES string of the molecule is COc1cc2c3c(n(CCCN4CCOCC4)c(=O)c2cc1OC)-c1cc(OC)c(OC(=O)OCCSSC[C@H](NC(=O)[C@H](CC(=O)O)NC(=O)[C@@H](N)CNC(=O)[C@H](Cc2ccccc2)NC(=O)[C@H](Cc2ccccc2)NC(=O)CCCCCCCNC(=O)CC[C@H](NC(=O)N[C@@H](CCC(=O)O)C(=O)O)C(=O)O)C(=O)O)cc1C3=O. The van der Waals surface area contributed by atoms with Crippen LogP contribution in [0.1, 0.15) is 104 Å². The van der Waals surface area contributed by atoms with Crippen molar-refractivity contribution in [2.75, 3.05) is 85.4 Å². The van der Waals surface area contributed by atoms with Gasteiger partial charge < -0.3 is 107 Å². The second-order valence-corrected chi connectivity index (χ2v) is 29.3. The Morgan fingerprint density at radius 3 is 1.68 bits per heavy atom. The maximum atomic E-state index is 14.5. The third-order valence-corrected chi connectivity index (χ3v) is 20.8. The summed E-state index contributed by atoms with van der Waals surface area (Å²) in [6, 6.07) is 11.1. The predicted molar refractivity (Wildman–Crippen MR) is 416 cm³/mol. The maximum absolute atomic E-state index is 14.5. The molecule has 1 aromatic heterocycles. The van der Waals surface area contributed by atoms with Crippen molar-refractivity contribution in [1.82, 2.24) is 52.0 Å². The highest BCUT2D eigenvalue weighted by molar-refractivity contribution is 8.76. The lowest BCUT2D eigenvalue weighted by Gasteiger charge is -2.26. The number of ketones is 1. The molecule has 0 saturated carbocycles. The molecule has 8 amide bonds. The molecule has 0 bridgehead atoms. The maximum Gasteiger partial charge on any atom is 0.514 e. The van der Waals surface area contributed by atoms with Crippen LogP contribution in [0.25, 0.3) is 22.0 Å². The number of benzene rings is 4. The number of ether oxygens (including phenoxy) is 6. The molecule has 7 atom stereocenters. The Morgan fingerprint density at radius 1 is 0.530 bits per heavy atom. The number of morpholine rings is 1. The molecule has 5 aromatic rings. The number of nitrogens with zero attached hydrogens (tertiary/aromatic N) is 2. The number of aromatic nitrogens is 1. The fourth-order valence-electron chi connectivity index (χ4n) is 12.4. The van der Waals surface area contributed by atoms with Crippen molar-refractivity contribution >= 4 is 116 Å². The second kappa shape index (κ2) is 46.0. The van der Waals surface area contributed by atoms with Crippen LogP contribution in [0.3, 0.4) is 0 Å². The van der Waals surface area contributed by atoms with E-state index in [1.54, 1.807) is 71.3 Å². The number of aliphatic carboxylic acids is 5. The average Bonchev–Trinajstić information content (AvgIpc) is 1.57. The molecular weight excluding hydrogens is 1550 g/mol. The van der Waals surface area contributed by atoms with Crippen molar-refractivity contribution in [1.29, 1.82) is 0 Å². The van der Waals surface area contributed by atoms with Gasteiger partial charge in [0, 0.05) is 99.4 Å². The molecule has 1 aliphatic carbocycles. The standard InChI is InChI=1S/C76H95N11O26S2/c1-108-56-36-45-48(39-57(56)109-2)71(99)87(27-15-26-86-28-30-111-31-29-86)65-46-37-58(110-3)59(38-47(46)66(94)64(45)65)113-76(107)112-32-33-114-115-42-55(74(104)105)83-70(98)54(40-63(92)93)81-67(95)49(77)41-79-68(96)52(34-43-16-9-7-10-17-43)82-69(97)53(35-44-18-11-8-12-19-44)80-61(89)20-13-5-4-6-14-25-78-60(88)23-21-50(72(100)101)84-75(106)85-51(73(102)103)22-24-62(90)91/h7-12,16-19,36-39,49-55H,4-6,13-15,20-35,40-42,77H2,1-3H3,(H,78,88)(H,79,96)(H,80,89)(H,81,95)(H,82,97)(H,83,98)(H,90,91)(H,92,93)(H,100,101)(H,102,103)(H,104,105)(H2,84,85,106)/t49-,50-,51-,52-,53-,54-,55-/m0/s1. The van der Waals surface area contributed by atoms with Crippen LogP contribution in [-0.4, -0.2) is 246 Å². The van der Waals surface area contributed by atoms with Crippen molar-refractivity contribution in [3.8, 4) is 34.3 Å². The van der Waals surface area contributed by atoms with Gasteiger partial charge >= 0.3 is 42.0 Å². The lowest BCUT2D eigenvalue weighted by molar-refractivity contribution is -0.143. The fourth-order valence-corrected chi connectivity index (χ4v) is 14.4. The summed E-state index contributed by atoms with van der Waals surface area (Å²) < 4.78 is 34.6. The zero-order chi connectivity index (χ0) is 83.7. The van der Waals surface area contributed by atoms with Gasteiger partial charge in [0.25, 0.3) is 5.56 Å². The zero-order valence-electron chi connectivity index (χ0n) is 63.4. The average molecular weight is 1640 g/mol. The van der Waals surface area contributed by atoms with E-state index < -0.39 is 151 Å². The first-order valence-electron chi connectivity index (χ1n) is 36.9. The minimum atomic E-state index is -1.88. The van der Waals surface area contributed by atoms with Gasteiger partial charge in [0.15, 0.2) is 28.8 Å². The number of hydrogen-bond acceptors (Lipinski definition) is 25. The molecule has 622 valence electrons. The van der Waals surface area contributed by atoms with E-state index in [2.05, 4.69) is 42.1 Å². The Bertz CT molecular complexity index is 4360. The topological polar surface area (TPSA) is 543 Å². The van der Waals surface area contributed by atoms with Gasteiger partial charge in [-0.25, -0.2) is 24.0 Å². The van der Waals surface area contributed by atoms with E-state index >= 15 is 0 Å². The van der Waals surface area contributed by atoms with Crippen molar-refractivity contribution in [2.45, 2.75) is 139 Å². The Kier molecular flexibility index (Phi) is 36.2. The lowest BCUT2D eigenvalue weighted by atomic mass is 10.0. The number of pyridine rings is 1. The molecule has 0 radical (unpaired) electrons. The number of rotatable bonds is 49. The van der Waals surface area contributed by atoms with Crippen molar-refractivity contribution < 1.29 is 121 Å². The Hall–Kier alpha value is -11.5. The van der Waals surface area contributed by atoms with E-state index in [-0.39, 0.29) is 108 Å². The summed E-state index contributed by atoms with van der Waals surface area (Å²) in [4.78, 5) is 197. The molecule has 115 heavy (non-hydrogen) atoms. The monoisotopic (exact) mass is 1640 g/mol. The molecule has 0 spiro atoms. The molecule has 7 rings (SSSR count). The molecule has 2 heterocycles. The number of hydrogen-bond donors (Lipinski definition) is 14. The van der Waals surface area contributed by atoms with Gasteiger partial charge in [-0.15, -0.1) is 0 Å². The lowest BCUT2D eigenvalue weighted by Crippen LogP contribution is -2.58. The van der Waals surface area contributed by atoms with E-state index in [4.69, 9.17) is 39.3 Å². The number of nitrogens with one attached hydrogen (secondary N) is 8. The van der Waals surface area contributed by atoms with Crippen LogP contribution in [0.4, 0.5) is 9.59 Å². The first-order valence-corrected chi connectivity index (χ1v) is 39.3. The zero-order valence-corrected chi connectivity index (χ0v) is 65.0. The Morgan fingerprint density at radius 2 is 1.08 bits per heavy atom. The van der Waals surface area contributed by atoms with Crippen molar-refractivity contribution in [3.63, 3.8) is 0 Å². The number of amides is 8. The van der Waals surface area contributed by atoms with E-state index in [0.29, 0.717) is 86.1 Å². The second-order valence-electron chi connectivity index (χ2n) is 26.6. The molecule has 1 saturated heterocycles. The van der Waals surface area contributed by atoms with Crippen LogP contribution in [-0.2, 0) is 81.6 Å². The molecule has 4 aromatic carbocycles. The number of urea groups is 1. The minimum absolute atomic E-state index is 0.00481. The summed E-state index contributed by atoms with van der Waals surface area (Å²) in [6.07, 6.45) is -0.650. The highest BCUT2D eigenvalue weighted by Crippen LogP contribution is 2.46. The van der Waals surface area contributed by atoms with Crippen LogP contribution < -0.4 is 72.8 Å². The van der Waals surface area contributed by atoms with Crippen LogP contribution in [0.2, 0.25) is 0 Å². The van der Waals surface area contributed by atoms with Gasteiger partial charge in [0.2, 0.25) is 35.4 Å². The number of unbranched alkanes of at least 4 members (excludes halogenated alkanes) is 4. The van der Waals surface area contributed by atoms with E-state index in [9.17, 15) is 92.3 Å². The minimum Gasteiger partial charge on any atom is -0.493 e. The largest absolute Gasteiger partial charge is 0.514 e. The fraction of sp³-hybridized carbons (Fsp3) is 0.461. The number of methoxy groups -OCH3 is 3. The molecule has 1 fully saturated rings. The summed E-state index contributed by atoms with van der Waals surface area (Å²) in [5.41, 5.74) is 8.13. The molecular formula is C76H95N11O26S2. The molecule has 2 aliphatic rings. The van der Waals surface area contributed by atoms with Gasteiger partial charge in [0.05, 0.1) is 57.6 Å². The molecule has 1 aliphatic heterocycles. The highest BCUT2D eigenvalue weighted by Gasteiger charge is 2.37. The number of fused-ring (bicyclic) bond motifs is 5.